The van der Waals surface area contributed by atoms with Crippen molar-refractivity contribution in [1.29, 1.82) is 0 Å². The van der Waals surface area contributed by atoms with Gasteiger partial charge in [-0.1, -0.05) is 35.3 Å². The molecule has 0 spiro atoms. The lowest BCUT2D eigenvalue weighted by molar-refractivity contribution is 0.0730. The molecule has 0 atom stereocenters. The van der Waals surface area contributed by atoms with Gasteiger partial charge in [0, 0.05) is 25.2 Å². The number of halogens is 2. The average Bonchev–Trinajstić information content (AvgIpc) is 2.74. The lowest BCUT2D eigenvalue weighted by atomic mass is 10.1. The van der Waals surface area contributed by atoms with Crippen LogP contribution in [0.3, 0.4) is 0 Å². The summed E-state index contributed by atoms with van der Waals surface area (Å²) < 4.78 is 32.6. The molecule has 0 aromatic heterocycles. The SMILES string of the molecule is Cc1ccc(C(=O)NCCCc2ccc(Cl)c(Cl)c2)cc1S(=O)(=O)N1CCOCC1. The Morgan fingerprint density at radius 2 is 1.83 bits per heavy atom. The van der Waals surface area contributed by atoms with Crippen molar-refractivity contribution in [3.8, 4) is 0 Å². The van der Waals surface area contributed by atoms with E-state index in [1.54, 1.807) is 25.1 Å². The summed E-state index contributed by atoms with van der Waals surface area (Å²) in [5.74, 6) is -0.303. The Bertz CT molecular complexity index is 1020. The van der Waals surface area contributed by atoms with Crippen LogP contribution in [-0.2, 0) is 21.2 Å². The van der Waals surface area contributed by atoms with Gasteiger partial charge in [-0.2, -0.15) is 4.31 Å². The monoisotopic (exact) mass is 470 g/mol. The smallest absolute Gasteiger partial charge is 0.251 e. The molecule has 0 aliphatic carbocycles. The van der Waals surface area contributed by atoms with E-state index in [2.05, 4.69) is 5.32 Å². The maximum atomic E-state index is 13.0. The van der Waals surface area contributed by atoms with Gasteiger partial charge in [0.2, 0.25) is 10.0 Å². The van der Waals surface area contributed by atoms with Crippen molar-refractivity contribution >= 4 is 39.1 Å². The molecular formula is C21H24Cl2N2O4S. The number of carbonyl (C=O) groups excluding carboxylic acids is 1. The summed E-state index contributed by atoms with van der Waals surface area (Å²) in [5.41, 5.74) is 1.97. The highest BCUT2D eigenvalue weighted by Gasteiger charge is 2.28. The van der Waals surface area contributed by atoms with Gasteiger partial charge < -0.3 is 10.1 Å². The summed E-state index contributed by atoms with van der Waals surface area (Å²) in [6.07, 6.45) is 1.45. The van der Waals surface area contributed by atoms with Crippen LogP contribution >= 0.6 is 23.2 Å². The summed E-state index contributed by atoms with van der Waals surface area (Å²) >= 11 is 11.9. The fraction of sp³-hybridized carbons (Fsp3) is 0.381. The van der Waals surface area contributed by atoms with E-state index in [1.165, 1.54) is 10.4 Å². The van der Waals surface area contributed by atoms with Crippen LogP contribution in [0.5, 0.6) is 0 Å². The number of hydrogen-bond acceptors (Lipinski definition) is 4. The first-order valence-electron chi connectivity index (χ1n) is 9.70. The highest BCUT2D eigenvalue weighted by molar-refractivity contribution is 7.89. The molecule has 9 heteroatoms. The maximum absolute atomic E-state index is 13.0. The zero-order valence-corrected chi connectivity index (χ0v) is 19.0. The lowest BCUT2D eigenvalue weighted by Crippen LogP contribution is -2.41. The summed E-state index contributed by atoms with van der Waals surface area (Å²) in [6.45, 7) is 3.55. The van der Waals surface area contributed by atoms with Gasteiger partial charge in [0.05, 0.1) is 28.2 Å². The minimum atomic E-state index is -3.67. The van der Waals surface area contributed by atoms with Gasteiger partial charge >= 0.3 is 0 Å². The molecule has 0 unspecified atom stereocenters. The van der Waals surface area contributed by atoms with Gasteiger partial charge in [-0.15, -0.1) is 0 Å². The summed E-state index contributed by atoms with van der Waals surface area (Å²) in [5, 5.41) is 3.86. The van der Waals surface area contributed by atoms with Gasteiger partial charge in [-0.3, -0.25) is 4.79 Å². The Morgan fingerprint density at radius 1 is 1.10 bits per heavy atom. The number of nitrogens with zero attached hydrogens (tertiary/aromatic N) is 1. The molecule has 1 saturated heterocycles. The number of rotatable bonds is 7. The standard InChI is InChI=1S/C21H24Cl2N2O4S/c1-15-4-6-17(14-20(15)30(27,28)25-9-11-29-12-10-25)21(26)24-8-2-3-16-5-7-18(22)19(23)13-16/h4-7,13-14H,2-3,8-12H2,1H3,(H,24,26). The van der Waals surface area contributed by atoms with Crippen molar-refractivity contribution in [3.05, 3.63) is 63.1 Å². The number of sulfonamides is 1. The minimum Gasteiger partial charge on any atom is -0.379 e. The first-order chi connectivity index (χ1) is 14.3. The Morgan fingerprint density at radius 3 is 2.53 bits per heavy atom. The molecule has 1 N–H and O–H groups in total. The quantitative estimate of drug-likeness (QED) is 0.626. The van der Waals surface area contributed by atoms with Gasteiger partial charge in [0.1, 0.15) is 0 Å². The van der Waals surface area contributed by atoms with E-state index < -0.39 is 10.0 Å². The predicted octanol–water partition coefficient (Wildman–Crippen LogP) is 3.69. The van der Waals surface area contributed by atoms with Crippen LogP contribution < -0.4 is 5.32 Å². The molecule has 0 radical (unpaired) electrons. The van der Waals surface area contributed by atoms with Gasteiger partial charge in [0.15, 0.2) is 0 Å². The number of amides is 1. The third kappa shape index (κ3) is 5.53. The Hall–Kier alpha value is -1.64. The highest BCUT2D eigenvalue weighted by atomic mass is 35.5. The molecule has 1 amide bonds. The van der Waals surface area contributed by atoms with Crippen LogP contribution in [0.2, 0.25) is 10.0 Å². The molecule has 1 heterocycles. The fourth-order valence-electron chi connectivity index (χ4n) is 3.24. The van der Waals surface area contributed by atoms with Crippen molar-refractivity contribution in [1.82, 2.24) is 9.62 Å². The summed E-state index contributed by atoms with van der Waals surface area (Å²) in [4.78, 5) is 12.7. The Labute approximate surface area is 187 Å². The molecule has 2 aromatic carbocycles. The maximum Gasteiger partial charge on any atom is 0.251 e. The number of morpholine rings is 1. The second-order valence-electron chi connectivity index (χ2n) is 7.10. The summed E-state index contributed by atoms with van der Waals surface area (Å²) in [6, 6.07) is 10.2. The number of nitrogens with one attached hydrogen (secondary N) is 1. The molecule has 6 nitrogen and oxygen atoms in total. The molecule has 2 aromatic rings. The molecule has 162 valence electrons. The van der Waals surface area contributed by atoms with E-state index in [0.717, 1.165) is 12.0 Å². The summed E-state index contributed by atoms with van der Waals surface area (Å²) in [7, 11) is -3.67. The second-order valence-corrected chi connectivity index (χ2v) is 9.83. The van der Waals surface area contributed by atoms with E-state index in [0.29, 0.717) is 60.4 Å². The lowest BCUT2D eigenvalue weighted by Gasteiger charge is -2.26. The number of hydrogen-bond donors (Lipinski definition) is 1. The van der Waals surface area contributed by atoms with Crippen molar-refractivity contribution < 1.29 is 17.9 Å². The molecule has 1 fully saturated rings. The van der Waals surface area contributed by atoms with Crippen molar-refractivity contribution in [2.45, 2.75) is 24.7 Å². The first-order valence-corrected chi connectivity index (χ1v) is 11.9. The van der Waals surface area contributed by atoms with Crippen LogP contribution in [0.1, 0.15) is 27.9 Å². The van der Waals surface area contributed by atoms with Crippen molar-refractivity contribution in [2.24, 2.45) is 0 Å². The molecule has 3 rings (SSSR count). The number of benzene rings is 2. The van der Waals surface area contributed by atoms with E-state index >= 15 is 0 Å². The second kappa shape index (κ2) is 10.1. The fourth-order valence-corrected chi connectivity index (χ4v) is 5.22. The Kier molecular flexibility index (Phi) is 7.76. The topological polar surface area (TPSA) is 75.7 Å². The highest BCUT2D eigenvalue weighted by Crippen LogP contribution is 2.24. The zero-order chi connectivity index (χ0) is 21.7. The molecule has 1 aliphatic rings. The number of carbonyl (C=O) groups is 1. The molecule has 30 heavy (non-hydrogen) atoms. The normalized spacial score (nSPS) is 15.2. The average molecular weight is 471 g/mol. The van der Waals surface area contributed by atoms with Crippen LogP contribution in [-0.4, -0.2) is 51.5 Å². The third-order valence-electron chi connectivity index (χ3n) is 4.95. The first kappa shape index (κ1) is 23.0. The van der Waals surface area contributed by atoms with Gasteiger partial charge in [-0.05, 0) is 55.2 Å². The van der Waals surface area contributed by atoms with Gasteiger partial charge in [-0.25, -0.2) is 8.42 Å². The molecule has 1 aliphatic heterocycles. The number of ether oxygens (including phenoxy) is 1. The molecule has 0 saturated carbocycles. The molecular weight excluding hydrogens is 447 g/mol. The molecule has 0 bridgehead atoms. The van der Waals surface area contributed by atoms with Crippen molar-refractivity contribution in [2.75, 3.05) is 32.8 Å². The van der Waals surface area contributed by atoms with Crippen LogP contribution in [0.15, 0.2) is 41.3 Å². The largest absolute Gasteiger partial charge is 0.379 e. The Balaban J connectivity index is 1.62. The van der Waals surface area contributed by atoms with E-state index in [9.17, 15) is 13.2 Å². The number of aryl methyl sites for hydroxylation is 2. The van der Waals surface area contributed by atoms with E-state index in [4.69, 9.17) is 27.9 Å². The predicted molar refractivity (Wildman–Crippen MR) is 118 cm³/mol. The van der Waals surface area contributed by atoms with Crippen LogP contribution in [0, 0.1) is 6.92 Å². The van der Waals surface area contributed by atoms with Crippen LogP contribution in [0.25, 0.3) is 0 Å². The zero-order valence-electron chi connectivity index (χ0n) is 16.7. The minimum absolute atomic E-state index is 0.160. The van der Waals surface area contributed by atoms with Gasteiger partial charge in [0.25, 0.3) is 5.91 Å². The van der Waals surface area contributed by atoms with Crippen molar-refractivity contribution in [3.63, 3.8) is 0 Å². The third-order valence-corrected chi connectivity index (χ3v) is 7.73. The van der Waals surface area contributed by atoms with Crippen LogP contribution in [0.4, 0.5) is 0 Å². The van der Waals surface area contributed by atoms with E-state index in [1.807, 2.05) is 12.1 Å². The van der Waals surface area contributed by atoms with E-state index in [-0.39, 0.29) is 10.8 Å².